The summed E-state index contributed by atoms with van der Waals surface area (Å²) < 4.78 is 13.7. The van der Waals surface area contributed by atoms with Gasteiger partial charge in [0.1, 0.15) is 5.82 Å². The van der Waals surface area contributed by atoms with E-state index >= 15 is 0 Å². The van der Waals surface area contributed by atoms with Gasteiger partial charge in [0.25, 0.3) is 0 Å². The molecule has 114 valence electrons. The molecule has 1 saturated heterocycles. The summed E-state index contributed by atoms with van der Waals surface area (Å²) >= 11 is 0. The Bertz CT molecular complexity index is 557. The second-order valence-corrected chi connectivity index (χ2v) is 5.69. The van der Waals surface area contributed by atoms with Gasteiger partial charge < -0.3 is 10.4 Å². The summed E-state index contributed by atoms with van der Waals surface area (Å²) in [5.74, 6) is -0.720. The van der Waals surface area contributed by atoms with Crippen molar-refractivity contribution < 1.29 is 14.4 Å². The first-order chi connectivity index (χ1) is 10.1. The summed E-state index contributed by atoms with van der Waals surface area (Å²) in [6, 6.07) is 1.88. The van der Waals surface area contributed by atoms with Gasteiger partial charge in [-0.3, -0.25) is 15.0 Å². The van der Waals surface area contributed by atoms with Gasteiger partial charge in [0, 0.05) is 37.8 Å². The summed E-state index contributed by atoms with van der Waals surface area (Å²) in [6.45, 7) is 3.26. The number of phenols is 1. The molecular formula is C14H18FN3O3. The first-order valence-corrected chi connectivity index (χ1v) is 7.19. The number of nitro benzene ring substituents is 1. The fourth-order valence-electron chi connectivity index (χ4n) is 3.09. The van der Waals surface area contributed by atoms with Gasteiger partial charge in [-0.05, 0) is 24.8 Å². The normalized spacial score (nSPS) is 21.2. The number of phenolic OH excluding ortho intramolecular Hbond substituents is 1. The molecule has 2 aliphatic rings. The average molecular weight is 295 g/mol. The predicted octanol–water partition coefficient (Wildman–Crippen LogP) is 1.80. The molecule has 0 radical (unpaired) electrons. The number of hydrogen-bond acceptors (Lipinski definition) is 5. The first-order valence-electron chi connectivity index (χ1n) is 7.19. The number of nitrogens with one attached hydrogen (secondary N) is 1. The third-order valence-electron chi connectivity index (χ3n) is 4.21. The fraction of sp³-hybridized carbons (Fsp3) is 0.571. The van der Waals surface area contributed by atoms with Crippen LogP contribution in [-0.4, -0.2) is 41.1 Å². The molecule has 1 aromatic carbocycles. The number of piperazine rings is 1. The van der Waals surface area contributed by atoms with Crippen molar-refractivity contribution >= 4 is 5.69 Å². The van der Waals surface area contributed by atoms with Crippen LogP contribution in [0.25, 0.3) is 0 Å². The largest absolute Gasteiger partial charge is 0.502 e. The molecule has 2 fully saturated rings. The van der Waals surface area contributed by atoms with Crippen LogP contribution in [0.15, 0.2) is 12.1 Å². The van der Waals surface area contributed by atoms with Gasteiger partial charge >= 0.3 is 5.69 Å². The smallest absolute Gasteiger partial charge is 0.313 e. The molecule has 2 N–H and O–H groups in total. The van der Waals surface area contributed by atoms with E-state index < -0.39 is 22.2 Å². The predicted molar refractivity (Wildman–Crippen MR) is 74.6 cm³/mol. The Morgan fingerprint density at radius 1 is 1.38 bits per heavy atom. The Morgan fingerprint density at radius 2 is 2.05 bits per heavy atom. The van der Waals surface area contributed by atoms with Crippen molar-refractivity contribution in [3.63, 3.8) is 0 Å². The first kappa shape index (κ1) is 14.2. The number of aromatic hydroxyl groups is 1. The van der Waals surface area contributed by atoms with Crippen LogP contribution >= 0.6 is 0 Å². The van der Waals surface area contributed by atoms with Gasteiger partial charge in [-0.1, -0.05) is 0 Å². The van der Waals surface area contributed by atoms with E-state index in [1.54, 1.807) is 0 Å². The summed E-state index contributed by atoms with van der Waals surface area (Å²) in [5, 5.41) is 24.4. The number of hydrogen-bond donors (Lipinski definition) is 2. The van der Waals surface area contributed by atoms with Crippen molar-refractivity contribution in [1.29, 1.82) is 0 Å². The number of nitro groups is 1. The van der Waals surface area contributed by atoms with E-state index in [-0.39, 0.29) is 6.04 Å². The lowest BCUT2D eigenvalue weighted by molar-refractivity contribution is -0.386. The second kappa shape index (κ2) is 5.57. The molecule has 7 heteroatoms. The quantitative estimate of drug-likeness (QED) is 0.654. The Labute approximate surface area is 121 Å². The van der Waals surface area contributed by atoms with Crippen molar-refractivity contribution in [3.05, 3.63) is 33.6 Å². The van der Waals surface area contributed by atoms with Crippen LogP contribution in [0.5, 0.6) is 5.75 Å². The van der Waals surface area contributed by atoms with E-state index in [0.29, 0.717) is 11.5 Å². The lowest BCUT2D eigenvalue weighted by atomic mass is 9.97. The summed E-state index contributed by atoms with van der Waals surface area (Å²) in [4.78, 5) is 12.4. The molecule has 1 saturated carbocycles. The van der Waals surface area contributed by atoms with E-state index in [9.17, 15) is 19.6 Å². The average Bonchev–Trinajstić information content (AvgIpc) is 3.28. The molecular weight excluding hydrogens is 277 g/mol. The zero-order chi connectivity index (χ0) is 15.0. The molecule has 1 atom stereocenters. The van der Waals surface area contributed by atoms with Crippen molar-refractivity contribution in [1.82, 2.24) is 10.2 Å². The highest BCUT2D eigenvalue weighted by Gasteiger charge is 2.39. The van der Waals surface area contributed by atoms with Crippen LogP contribution in [0.2, 0.25) is 0 Å². The van der Waals surface area contributed by atoms with Gasteiger partial charge in [-0.25, -0.2) is 4.39 Å². The Balaban J connectivity index is 2.00. The Kier molecular flexibility index (Phi) is 3.77. The fourth-order valence-corrected chi connectivity index (χ4v) is 3.09. The van der Waals surface area contributed by atoms with Crippen LogP contribution in [0.1, 0.15) is 24.4 Å². The van der Waals surface area contributed by atoms with Gasteiger partial charge in [-0.15, -0.1) is 0 Å². The van der Waals surface area contributed by atoms with E-state index in [2.05, 4.69) is 10.2 Å². The molecule has 1 aliphatic heterocycles. The summed E-state index contributed by atoms with van der Waals surface area (Å²) in [7, 11) is 0. The van der Waals surface area contributed by atoms with Gasteiger partial charge in [0.05, 0.1) is 11.0 Å². The van der Waals surface area contributed by atoms with Crippen molar-refractivity contribution in [2.24, 2.45) is 5.92 Å². The lowest BCUT2D eigenvalue weighted by Crippen LogP contribution is -2.45. The maximum atomic E-state index is 13.7. The molecule has 0 unspecified atom stereocenters. The third-order valence-corrected chi connectivity index (χ3v) is 4.21. The molecule has 0 amide bonds. The van der Waals surface area contributed by atoms with Crippen LogP contribution in [-0.2, 0) is 0 Å². The highest BCUT2D eigenvalue weighted by molar-refractivity contribution is 5.52. The van der Waals surface area contributed by atoms with Gasteiger partial charge in [0.2, 0.25) is 0 Å². The molecule has 1 heterocycles. The zero-order valence-electron chi connectivity index (χ0n) is 11.6. The molecule has 0 bridgehead atoms. The summed E-state index contributed by atoms with van der Waals surface area (Å²) in [6.07, 6.45) is 2.02. The standard InChI is InChI=1S/C14H18FN3O3/c15-10-7-11(14(19)12(8-10)18(20)21)13(9-1-2-9)17-5-3-16-4-6-17/h7-9,13,16,19H,1-6H2/t13-/m1/s1. The van der Waals surface area contributed by atoms with Crippen molar-refractivity contribution in [2.75, 3.05) is 26.2 Å². The van der Waals surface area contributed by atoms with Crippen LogP contribution in [0.3, 0.4) is 0 Å². The number of nitrogens with zero attached hydrogens (tertiary/aromatic N) is 2. The van der Waals surface area contributed by atoms with Crippen LogP contribution in [0.4, 0.5) is 10.1 Å². The van der Waals surface area contributed by atoms with Crippen LogP contribution in [0, 0.1) is 21.8 Å². The Hall–Kier alpha value is -1.73. The topological polar surface area (TPSA) is 78.6 Å². The summed E-state index contributed by atoms with van der Waals surface area (Å²) in [5.41, 5.74) is -0.197. The van der Waals surface area contributed by atoms with E-state index in [4.69, 9.17) is 0 Å². The number of halogens is 1. The minimum atomic E-state index is -0.733. The molecule has 0 aromatic heterocycles. The van der Waals surface area contributed by atoms with E-state index in [1.807, 2.05) is 0 Å². The highest BCUT2D eigenvalue weighted by atomic mass is 19.1. The Morgan fingerprint density at radius 3 is 2.62 bits per heavy atom. The SMILES string of the molecule is O=[N+]([O-])c1cc(F)cc([C@@H](C2CC2)N2CCNCC2)c1O. The van der Waals surface area contributed by atoms with E-state index in [0.717, 1.165) is 45.1 Å². The minimum Gasteiger partial charge on any atom is -0.502 e. The maximum absolute atomic E-state index is 13.7. The lowest BCUT2D eigenvalue weighted by Gasteiger charge is -2.35. The minimum absolute atomic E-state index is 0.138. The third kappa shape index (κ3) is 2.84. The number of rotatable bonds is 4. The second-order valence-electron chi connectivity index (χ2n) is 5.69. The monoisotopic (exact) mass is 295 g/mol. The van der Waals surface area contributed by atoms with Crippen molar-refractivity contribution in [3.8, 4) is 5.75 Å². The molecule has 21 heavy (non-hydrogen) atoms. The molecule has 0 spiro atoms. The molecule has 1 aromatic rings. The van der Waals surface area contributed by atoms with Gasteiger partial charge in [0.15, 0.2) is 5.75 Å². The molecule has 1 aliphatic carbocycles. The maximum Gasteiger partial charge on any atom is 0.313 e. The van der Waals surface area contributed by atoms with Gasteiger partial charge in [-0.2, -0.15) is 0 Å². The van der Waals surface area contributed by atoms with E-state index in [1.165, 1.54) is 6.07 Å². The number of benzene rings is 1. The molecule has 3 rings (SSSR count). The highest BCUT2D eigenvalue weighted by Crippen LogP contribution is 2.48. The van der Waals surface area contributed by atoms with Crippen molar-refractivity contribution in [2.45, 2.75) is 18.9 Å². The zero-order valence-corrected chi connectivity index (χ0v) is 11.6. The molecule has 6 nitrogen and oxygen atoms in total. The van der Waals surface area contributed by atoms with Crippen LogP contribution < -0.4 is 5.32 Å².